The topological polar surface area (TPSA) is 142 Å². The van der Waals surface area contributed by atoms with Crippen LogP contribution in [0, 0.1) is 5.92 Å². The third-order valence-electron chi connectivity index (χ3n) is 8.15. The first kappa shape index (κ1) is 30.7. The Morgan fingerprint density at radius 2 is 1.82 bits per heavy atom. The minimum absolute atomic E-state index is 0.00414. The number of ether oxygens (including phenoxy) is 1. The lowest BCUT2D eigenvalue weighted by Crippen LogP contribution is -2.40. The molecule has 0 spiro atoms. The van der Waals surface area contributed by atoms with Crippen LogP contribution in [0.15, 0.2) is 73.1 Å². The molecule has 4 aromatic rings. The molecule has 0 aliphatic carbocycles. The highest BCUT2D eigenvalue weighted by Crippen LogP contribution is 2.35. The Balaban J connectivity index is 1.25. The number of hydrogen-bond acceptors (Lipinski definition) is 7. The normalized spacial score (nSPS) is 15.9. The molecule has 3 heterocycles. The largest absolute Gasteiger partial charge is 0.457 e. The van der Waals surface area contributed by atoms with Crippen LogP contribution in [0.25, 0.3) is 22.3 Å². The van der Waals surface area contributed by atoms with Crippen molar-refractivity contribution in [2.24, 2.45) is 11.7 Å². The number of likely N-dealkylation sites (tertiary alicyclic amines) is 1. The van der Waals surface area contributed by atoms with Crippen LogP contribution >= 0.6 is 0 Å². The average Bonchev–Trinajstić information content (AvgIpc) is 3.44. The van der Waals surface area contributed by atoms with Crippen LogP contribution in [0.2, 0.25) is 0 Å². The number of para-hydroxylation sites is 1. The van der Waals surface area contributed by atoms with Gasteiger partial charge in [0.2, 0.25) is 11.8 Å². The molecule has 230 valence electrons. The number of nitrogens with two attached hydrogens (primary N) is 2. The fraction of sp³-hybridized carbons (Fsp3) is 0.382. The maximum Gasteiger partial charge on any atom is 0.246 e. The second-order valence-electron chi connectivity index (χ2n) is 11.3. The van der Waals surface area contributed by atoms with Gasteiger partial charge in [-0.3, -0.25) is 9.59 Å². The van der Waals surface area contributed by atoms with Crippen LogP contribution in [-0.2, 0) is 9.59 Å². The summed E-state index contributed by atoms with van der Waals surface area (Å²) in [5.41, 5.74) is 14.1. The van der Waals surface area contributed by atoms with Crippen molar-refractivity contribution in [2.45, 2.75) is 64.3 Å². The lowest BCUT2D eigenvalue weighted by molar-refractivity contribution is -0.127. The molecule has 1 fully saturated rings. The van der Waals surface area contributed by atoms with Crippen molar-refractivity contribution in [3.8, 4) is 22.8 Å². The van der Waals surface area contributed by atoms with E-state index in [0.29, 0.717) is 41.4 Å². The summed E-state index contributed by atoms with van der Waals surface area (Å²) < 4.78 is 7.86. The zero-order valence-corrected chi connectivity index (χ0v) is 25.3. The number of nitrogens with zero attached hydrogens (tertiary/aromatic N) is 5. The van der Waals surface area contributed by atoms with Crippen LogP contribution in [0.1, 0.15) is 64.3 Å². The first-order chi connectivity index (χ1) is 21.4. The minimum Gasteiger partial charge on any atom is -0.457 e. The fourth-order valence-corrected chi connectivity index (χ4v) is 5.83. The molecular weight excluding hydrogens is 554 g/mol. The number of carbonyl (C=O) groups is 2. The summed E-state index contributed by atoms with van der Waals surface area (Å²) >= 11 is 0. The molecule has 1 unspecified atom stereocenters. The number of anilines is 1. The first-order valence-electron chi connectivity index (χ1n) is 15.5. The maximum absolute atomic E-state index is 13.1. The van der Waals surface area contributed by atoms with Gasteiger partial charge < -0.3 is 21.1 Å². The highest BCUT2D eigenvalue weighted by Gasteiger charge is 2.28. The van der Waals surface area contributed by atoms with Crippen molar-refractivity contribution in [3.05, 3.63) is 73.1 Å². The standard InChI is InChI=1S/C34H41N7O3/c1-2-11-25(33(36)43)12-6-3-4-9-16-29(42)40-21-10-13-26(22-40)41-34-30(32(35)37-23-38-34)31(39-41)24-17-19-28(20-18-24)44-27-14-7-5-8-15-27/h5,7-9,14-20,23,25-26H,2-4,6,10-13,21-22H2,1H3,(H2,36,43)(H2,35,37,38)/b16-9+/t25?,26-/m1/s1. The van der Waals surface area contributed by atoms with Crippen LogP contribution in [0.4, 0.5) is 5.82 Å². The molecule has 2 amide bonds. The molecule has 10 heteroatoms. The number of carbonyl (C=O) groups excluding carboxylic acids is 2. The Morgan fingerprint density at radius 1 is 1.05 bits per heavy atom. The highest BCUT2D eigenvalue weighted by atomic mass is 16.5. The number of primary amides is 1. The fourth-order valence-electron chi connectivity index (χ4n) is 5.83. The number of fused-ring (bicyclic) bond motifs is 1. The van der Waals surface area contributed by atoms with Crippen molar-refractivity contribution >= 4 is 28.7 Å². The van der Waals surface area contributed by atoms with E-state index in [1.807, 2.05) is 70.3 Å². The molecule has 2 aromatic heterocycles. The predicted molar refractivity (Wildman–Crippen MR) is 172 cm³/mol. The van der Waals surface area contributed by atoms with E-state index in [9.17, 15) is 9.59 Å². The Hall–Kier alpha value is -4.73. The zero-order chi connectivity index (χ0) is 30.9. The summed E-state index contributed by atoms with van der Waals surface area (Å²) in [5, 5.41) is 5.69. The molecule has 2 aromatic carbocycles. The number of rotatable bonds is 13. The Bertz CT molecular complexity index is 1580. The number of nitrogen functional groups attached to an aromatic ring is 1. The second-order valence-corrected chi connectivity index (χ2v) is 11.3. The van der Waals surface area contributed by atoms with Gasteiger partial charge in [-0.25, -0.2) is 14.6 Å². The van der Waals surface area contributed by atoms with E-state index in [1.54, 1.807) is 6.08 Å². The van der Waals surface area contributed by atoms with Gasteiger partial charge in [0.25, 0.3) is 0 Å². The van der Waals surface area contributed by atoms with Crippen LogP contribution < -0.4 is 16.2 Å². The molecule has 1 saturated heterocycles. The Morgan fingerprint density at radius 3 is 2.57 bits per heavy atom. The number of allylic oxidation sites excluding steroid dienone is 1. The summed E-state index contributed by atoms with van der Waals surface area (Å²) in [5.74, 6) is 1.58. The van der Waals surface area contributed by atoms with E-state index >= 15 is 0 Å². The van der Waals surface area contributed by atoms with Crippen molar-refractivity contribution < 1.29 is 14.3 Å². The zero-order valence-electron chi connectivity index (χ0n) is 25.3. The van der Waals surface area contributed by atoms with Gasteiger partial charge >= 0.3 is 0 Å². The molecule has 0 saturated carbocycles. The number of amides is 2. The number of piperidine rings is 1. The van der Waals surface area contributed by atoms with E-state index in [-0.39, 0.29) is 23.8 Å². The molecule has 2 atom stereocenters. The van der Waals surface area contributed by atoms with Gasteiger partial charge in [-0.15, -0.1) is 0 Å². The molecule has 1 aliphatic rings. The monoisotopic (exact) mass is 595 g/mol. The summed E-state index contributed by atoms with van der Waals surface area (Å²) in [6.07, 6.45) is 12.0. The molecule has 0 bridgehead atoms. The molecular formula is C34H41N7O3. The first-order valence-corrected chi connectivity index (χ1v) is 15.5. The van der Waals surface area contributed by atoms with E-state index in [0.717, 1.165) is 62.7 Å². The third-order valence-corrected chi connectivity index (χ3v) is 8.15. The predicted octanol–water partition coefficient (Wildman–Crippen LogP) is 6.05. The van der Waals surface area contributed by atoms with Gasteiger partial charge in [0, 0.05) is 24.6 Å². The molecule has 1 aliphatic heterocycles. The van der Waals surface area contributed by atoms with Crippen molar-refractivity contribution in [1.82, 2.24) is 24.6 Å². The van der Waals surface area contributed by atoms with Gasteiger partial charge in [-0.05, 0) is 81.0 Å². The lowest BCUT2D eigenvalue weighted by Gasteiger charge is -2.32. The summed E-state index contributed by atoms with van der Waals surface area (Å²) in [4.78, 5) is 35.3. The summed E-state index contributed by atoms with van der Waals surface area (Å²) in [6, 6.07) is 17.3. The average molecular weight is 596 g/mol. The van der Waals surface area contributed by atoms with Crippen molar-refractivity contribution in [2.75, 3.05) is 18.8 Å². The SMILES string of the molecule is CCCC(CCCC/C=C/C(=O)N1CCC[C@@H](n2nc(-c3ccc(Oc4ccccc4)cc3)c3c(N)ncnc32)C1)C(N)=O. The quantitative estimate of drug-likeness (QED) is 0.142. The molecule has 5 rings (SSSR count). The molecule has 4 N–H and O–H groups in total. The summed E-state index contributed by atoms with van der Waals surface area (Å²) in [6.45, 7) is 3.29. The Labute approximate surface area is 258 Å². The number of hydrogen-bond donors (Lipinski definition) is 2. The van der Waals surface area contributed by atoms with Gasteiger partial charge in [-0.1, -0.05) is 44.0 Å². The number of benzene rings is 2. The second kappa shape index (κ2) is 14.6. The molecule has 44 heavy (non-hydrogen) atoms. The molecule has 10 nitrogen and oxygen atoms in total. The van der Waals surface area contributed by atoms with E-state index < -0.39 is 0 Å². The van der Waals surface area contributed by atoms with Crippen molar-refractivity contribution in [1.29, 1.82) is 0 Å². The van der Waals surface area contributed by atoms with Crippen molar-refractivity contribution in [3.63, 3.8) is 0 Å². The van der Waals surface area contributed by atoms with E-state index in [1.165, 1.54) is 6.33 Å². The maximum atomic E-state index is 13.1. The Kier molecular flexibility index (Phi) is 10.2. The van der Waals surface area contributed by atoms with Gasteiger partial charge in [-0.2, -0.15) is 5.10 Å². The minimum atomic E-state index is -0.213. The van der Waals surface area contributed by atoms with Gasteiger partial charge in [0.15, 0.2) is 5.65 Å². The van der Waals surface area contributed by atoms with Gasteiger partial charge in [0.05, 0.1) is 11.4 Å². The van der Waals surface area contributed by atoms with Crippen LogP contribution in [0.3, 0.4) is 0 Å². The van der Waals surface area contributed by atoms with Crippen LogP contribution in [0.5, 0.6) is 11.5 Å². The number of unbranched alkanes of at least 4 members (excludes halogenated alkanes) is 2. The van der Waals surface area contributed by atoms with E-state index in [4.69, 9.17) is 21.3 Å². The smallest absolute Gasteiger partial charge is 0.246 e. The number of aromatic nitrogens is 4. The highest BCUT2D eigenvalue weighted by molar-refractivity contribution is 5.98. The third kappa shape index (κ3) is 7.42. The van der Waals surface area contributed by atoms with Crippen LogP contribution in [-0.4, -0.2) is 49.6 Å². The summed E-state index contributed by atoms with van der Waals surface area (Å²) in [7, 11) is 0. The molecule has 0 radical (unpaired) electrons. The van der Waals surface area contributed by atoms with E-state index in [2.05, 4.69) is 16.9 Å². The lowest BCUT2D eigenvalue weighted by atomic mass is 9.96. The van der Waals surface area contributed by atoms with Gasteiger partial charge in [0.1, 0.15) is 29.3 Å².